The van der Waals surface area contributed by atoms with Crippen LogP contribution in [0, 0.1) is 0 Å². The first-order chi connectivity index (χ1) is 9.86. The van der Waals surface area contributed by atoms with Crippen LogP contribution in [0.2, 0.25) is 0 Å². The van der Waals surface area contributed by atoms with E-state index in [2.05, 4.69) is 41.4 Å². The van der Waals surface area contributed by atoms with E-state index in [-0.39, 0.29) is 0 Å². The standard InChI is InChI=1S/C17H26N2S/c1-2-19(12-15-7-5-6-10-18-15)11-14-13-20-17-9-4-3-8-16(14)17/h3-4,8-9,14-15,18H,2,5-7,10-13H2,1H3. The lowest BCUT2D eigenvalue weighted by Crippen LogP contribution is -2.44. The fourth-order valence-corrected chi connectivity index (χ4v) is 4.66. The molecule has 2 unspecified atom stereocenters. The molecule has 0 radical (unpaired) electrons. The van der Waals surface area contributed by atoms with Crippen LogP contribution in [-0.2, 0) is 0 Å². The average molecular weight is 290 g/mol. The summed E-state index contributed by atoms with van der Waals surface area (Å²) in [5.41, 5.74) is 1.58. The number of rotatable bonds is 5. The lowest BCUT2D eigenvalue weighted by atomic mass is 9.99. The second-order valence-corrected chi connectivity index (χ2v) is 7.11. The van der Waals surface area contributed by atoms with E-state index in [0.717, 1.165) is 5.92 Å². The molecule has 1 saturated heterocycles. The maximum atomic E-state index is 3.68. The summed E-state index contributed by atoms with van der Waals surface area (Å²) < 4.78 is 0. The van der Waals surface area contributed by atoms with Crippen LogP contribution in [0.1, 0.15) is 37.7 Å². The molecule has 1 fully saturated rings. The second kappa shape index (κ2) is 6.97. The number of benzene rings is 1. The molecule has 0 saturated carbocycles. The van der Waals surface area contributed by atoms with Crippen molar-refractivity contribution in [1.29, 1.82) is 0 Å². The van der Waals surface area contributed by atoms with Gasteiger partial charge in [-0.25, -0.2) is 0 Å². The Balaban J connectivity index is 1.58. The molecule has 3 rings (SSSR count). The van der Waals surface area contributed by atoms with Crippen LogP contribution < -0.4 is 5.32 Å². The number of hydrogen-bond donors (Lipinski definition) is 1. The Morgan fingerprint density at radius 3 is 2.95 bits per heavy atom. The predicted octanol–water partition coefficient (Wildman–Crippen LogP) is 3.34. The van der Waals surface area contributed by atoms with Crippen LogP contribution in [0.5, 0.6) is 0 Å². The Kier molecular flexibility index (Phi) is 5.03. The Morgan fingerprint density at radius 1 is 1.25 bits per heavy atom. The van der Waals surface area contributed by atoms with Crippen LogP contribution in [0.4, 0.5) is 0 Å². The van der Waals surface area contributed by atoms with E-state index in [1.807, 2.05) is 11.8 Å². The van der Waals surface area contributed by atoms with E-state index in [9.17, 15) is 0 Å². The molecule has 0 spiro atoms. The molecule has 0 aliphatic carbocycles. The number of nitrogens with one attached hydrogen (secondary N) is 1. The van der Waals surface area contributed by atoms with E-state index in [1.165, 1.54) is 56.1 Å². The maximum Gasteiger partial charge on any atom is 0.0195 e. The third-order valence-electron chi connectivity index (χ3n) is 4.62. The first-order valence-electron chi connectivity index (χ1n) is 8.04. The molecule has 20 heavy (non-hydrogen) atoms. The van der Waals surface area contributed by atoms with Crippen molar-refractivity contribution in [3.05, 3.63) is 29.8 Å². The van der Waals surface area contributed by atoms with Crippen molar-refractivity contribution in [3.8, 4) is 0 Å². The molecule has 110 valence electrons. The van der Waals surface area contributed by atoms with Gasteiger partial charge in [-0.3, -0.25) is 0 Å². The monoisotopic (exact) mass is 290 g/mol. The van der Waals surface area contributed by atoms with E-state index >= 15 is 0 Å². The maximum absolute atomic E-state index is 3.68. The molecule has 3 heteroatoms. The van der Waals surface area contributed by atoms with Gasteiger partial charge in [-0.05, 0) is 37.6 Å². The fourth-order valence-electron chi connectivity index (χ4n) is 3.42. The molecule has 2 heterocycles. The molecular weight excluding hydrogens is 264 g/mol. The van der Waals surface area contributed by atoms with Gasteiger partial charge in [0.2, 0.25) is 0 Å². The van der Waals surface area contributed by atoms with E-state index in [0.29, 0.717) is 6.04 Å². The van der Waals surface area contributed by atoms with Crippen LogP contribution >= 0.6 is 11.8 Å². The lowest BCUT2D eigenvalue weighted by Gasteiger charge is -2.31. The van der Waals surface area contributed by atoms with Crippen LogP contribution in [0.25, 0.3) is 0 Å². The zero-order valence-electron chi connectivity index (χ0n) is 12.5. The minimum absolute atomic E-state index is 0.716. The predicted molar refractivity (Wildman–Crippen MR) is 87.7 cm³/mol. The first kappa shape index (κ1) is 14.4. The van der Waals surface area contributed by atoms with Crippen molar-refractivity contribution < 1.29 is 0 Å². The number of likely N-dealkylation sites (N-methyl/N-ethyl adjacent to an activating group) is 1. The Hall–Kier alpha value is -0.510. The van der Waals surface area contributed by atoms with Gasteiger partial charge in [0, 0.05) is 35.7 Å². The largest absolute Gasteiger partial charge is 0.313 e. The zero-order valence-corrected chi connectivity index (χ0v) is 13.3. The minimum atomic E-state index is 0.716. The Bertz CT molecular complexity index is 429. The van der Waals surface area contributed by atoms with Gasteiger partial charge in [-0.1, -0.05) is 31.5 Å². The van der Waals surface area contributed by atoms with E-state index in [4.69, 9.17) is 0 Å². The van der Waals surface area contributed by atoms with Gasteiger partial charge in [0.05, 0.1) is 0 Å². The SMILES string of the molecule is CCN(CC1CCCCN1)CC1CSc2ccccc21. The number of thioether (sulfide) groups is 1. The molecule has 0 aromatic heterocycles. The summed E-state index contributed by atoms with van der Waals surface area (Å²) in [6, 6.07) is 9.67. The topological polar surface area (TPSA) is 15.3 Å². The Labute approximate surface area is 127 Å². The molecule has 1 aromatic rings. The number of fused-ring (bicyclic) bond motifs is 1. The molecule has 2 nitrogen and oxygen atoms in total. The third kappa shape index (κ3) is 3.38. The zero-order chi connectivity index (χ0) is 13.8. The van der Waals surface area contributed by atoms with Crippen molar-refractivity contribution in [2.24, 2.45) is 0 Å². The Morgan fingerprint density at radius 2 is 2.15 bits per heavy atom. The summed E-state index contributed by atoms with van der Waals surface area (Å²) in [5.74, 6) is 1.98. The number of hydrogen-bond acceptors (Lipinski definition) is 3. The average Bonchev–Trinajstić information content (AvgIpc) is 2.91. The molecule has 1 N–H and O–H groups in total. The molecule has 2 aliphatic rings. The summed E-state index contributed by atoms with van der Waals surface area (Å²) in [6.07, 6.45) is 4.11. The van der Waals surface area contributed by atoms with Crippen molar-refractivity contribution in [3.63, 3.8) is 0 Å². The highest BCUT2D eigenvalue weighted by Crippen LogP contribution is 2.39. The van der Waals surface area contributed by atoms with Gasteiger partial charge < -0.3 is 10.2 Å². The van der Waals surface area contributed by atoms with Gasteiger partial charge in [-0.2, -0.15) is 0 Å². The molecule has 1 aromatic carbocycles. The van der Waals surface area contributed by atoms with Gasteiger partial charge in [-0.15, -0.1) is 11.8 Å². The van der Waals surface area contributed by atoms with Crippen molar-refractivity contribution in [2.45, 2.75) is 43.0 Å². The van der Waals surface area contributed by atoms with Crippen molar-refractivity contribution >= 4 is 11.8 Å². The van der Waals surface area contributed by atoms with Crippen LogP contribution in [0.15, 0.2) is 29.2 Å². The quantitative estimate of drug-likeness (QED) is 0.895. The van der Waals surface area contributed by atoms with Crippen LogP contribution in [0.3, 0.4) is 0 Å². The fraction of sp³-hybridized carbons (Fsp3) is 0.647. The summed E-state index contributed by atoms with van der Waals surface area (Å²) in [7, 11) is 0. The molecule has 2 aliphatic heterocycles. The van der Waals surface area contributed by atoms with Gasteiger partial charge in [0.25, 0.3) is 0 Å². The highest BCUT2D eigenvalue weighted by atomic mass is 32.2. The lowest BCUT2D eigenvalue weighted by molar-refractivity contribution is 0.225. The van der Waals surface area contributed by atoms with E-state index < -0.39 is 0 Å². The van der Waals surface area contributed by atoms with Gasteiger partial charge >= 0.3 is 0 Å². The third-order valence-corrected chi connectivity index (χ3v) is 5.87. The molecule has 0 bridgehead atoms. The van der Waals surface area contributed by atoms with Gasteiger partial charge in [0.15, 0.2) is 0 Å². The minimum Gasteiger partial charge on any atom is -0.313 e. The highest BCUT2D eigenvalue weighted by molar-refractivity contribution is 7.99. The summed E-state index contributed by atoms with van der Waals surface area (Å²) in [5, 5.41) is 3.68. The van der Waals surface area contributed by atoms with E-state index in [1.54, 1.807) is 5.56 Å². The molecule has 2 atom stereocenters. The second-order valence-electron chi connectivity index (χ2n) is 6.04. The van der Waals surface area contributed by atoms with Crippen molar-refractivity contribution in [2.75, 3.05) is 31.9 Å². The number of piperidine rings is 1. The normalized spacial score (nSPS) is 25.9. The van der Waals surface area contributed by atoms with Gasteiger partial charge in [0.1, 0.15) is 0 Å². The number of nitrogens with zero attached hydrogens (tertiary/aromatic N) is 1. The summed E-state index contributed by atoms with van der Waals surface area (Å²) in [4.78, 5) is 4.15. The molecule has 0 amide bonds. The highest BCUT2D eigenvalue weighted by Gasteiger charge is 2.25. The summed E-state index contributed by atoms with van der Waals surface area (Å²) >= 11 is 2.03. The molecular formula is C17H26N2S. The van der Waals surface area contributed by atoms with Crippen molar-refractivity contribution in [1.82, 2.24) is 10.2 Å². The summed E-state index contributed by atoms with van der Waals surface area (Å²) in [6.45, 7) is 7.13. The first-order valence-corrected chi connectivity index (χ1v) is 9.03. The van der Waals surface area contributed by atoms with Crippen LogP contribution in [-0.4, -0.2) is 42.9 Å². The smallest absolute Gasteiger partial charge is 0.0195 e.